The van der Waals surface area contributed by atoms with E-state index in [4.69, 9.17) is 10.5 Å². The van der Waals surface area contributed by atoms with Crippen LogP contribution in [-0.4, -0.2) is 42.4 Å². The number of para-hydroxylation sites is 2. The van der Waals surface area contributed by atoms with E-state index in [0.29, 0.717) is 37.6 Å². The third-order valence-electron chi connectivity index (χ3n) is 7.66. The molecule has 0 bridgehead atoms. The number of methoxy groups -OCH3 is 1. The molecule has 1 fully saturated rings. The molecule has 0 radical (unpaired) electrons. The number of nitrogens with zero attached hydrogens (tertiary/aromatic N) is 4. The summed E-state index contributed by atoms with van der Waals surface area (Å²) >= 11 is 0. The fourth-order valence-electron chi connectivity index (χ4n) is 5.40. The molecule has 0 saturated carbocycles. The Morgan fingerprint density at radius 1 is 0.829 bits per heavy atom. The first-order valence-corrected chi connectivity index (χ1v) is 13.5. The molecule has 1 aliphatic heterocycles. The van der Waals surface area contributed by atoms with Crippen molar-refractivity contribution < 1.29 is 13.5 Å². The van der Waals surface area contributed by atoms with Crippen LogP contribution in [0.2, 0.25) is 0 Å². The van der Waals surface area contributed by atoms with E-state index in [-0.39, 0.29) is 18.7 Å². The first kappa shape index (κ1) is 28.1. The van der Waals surface area contributed by atoms with Crippen molar-refractivity contribution in [3.63, 3.8) is 0 Å². The smallest absolute Gasteiger partial charge is 0.331 e. The molecule has 1 aromatic heterocycles. The number of benzene rings is 3. The van der Waals surface area contributed by atoms with E-state index < -0.39 is 28.9 Å². The topological polar surface area (TPSA) is 85.7 Å². The average molecular weight is 562 g/mol. The second-order valence-corrected chi connectivity index (χ2v) is 10.1. The number of ether oxygens (including phenoxy) is 1. The highest BCUT2D eigenvalue weighted by atomic mass is 19.1. The maximum atomic E-state index is 14.7. The summed E-state index contributed by atoms with van der Waals surface area (Å²) < 4.78 is 37.2. The van der Waals surface area contributed by atoms with Crippen LogP contribution >= 0.6 is 0 Å². The number of nitrogens with two attached hydrogens (primary N) is 1. The van der Waals surface area contributed by atoms with Gasteiger partial charge in [0.15, 0.2) is 0 Å². The SMILES string of the molecule is COc1ccccc1N1CCN(c2c(C)n(Cc3c(F)cccc3F)c(=O)n(C[C@@H](N)c3ccccc3)c2=O)CC1. The Labute approximate surface area is 236 Å². The number of halogens is 2. The molecule has 2 N–H and O–H groups in total. The fourth-order valence-corrected chi connectivity index (χ4v) is 5.40. The zero-order valence-electron chi connectivity index (χ0n) is 23.1. The lowest BCUT2D eigenvalue weighted by molar-refractivity contribution is 0.413. The number of aromatic nitrogens is 2. The Morgan fingerprint density at radius 3 is 2.10 bits per heavy atom. The Morgan fingerprint density at radius 2 is 1.44 bits per heavy atom. The first-order chi connectivity index (χ1) is 19.8. The number of hydrogen-bond acceptors (Lipinski definition) is 6. The van der Waals surface area contributed by atoms with E-state index in [0.717, 1.165) is 33.7 Å². The van der Waals surface area contributed by atoms with Gasteiger partial charge in [-0.3, -0.25) is 13.9 Å². The standard InChI is InChI=1S/C31H33F2N5O3/c1-21-29(36-17-15-35(16-18-36)27-13-6-7-14-28(27)41-2)30(39)38(20-26(34)22-9-4-3-5-10-22)31(40)37(21)19-23-24(32)11-8-12-25(23)33/h3-14,26H,15-20,34H2,1-2H3/t26-/m1/s1. The summed E-state index contributed by atoms with van der Waals surface area (Å²) in [5.41, 5.74) is 7.42. The van der Waals surface area contributed by atoms with Crippen LogP contribution in [0.15, 0.2) is 82.4 Å². The molecule has 0 unspecified atom stereocenters. The van der Waals surface area contributed by atoms with Gasteiger partial charge in [-0.15, -0.1) is 0 Å². The van der Waals surface area contributed by atoms with Crippen LogP contribution in [0.25, 0.3) is 0 Å². The monoisotopic (exact) mass is 561 g/mol. The molecular formula is C31H33F2N5O3. The van der Waals surface area contributed by atoms with Crippen molar-refractivity contribution in [3.05, 3.63) is 122 Å². The summed E-state index contributed by atoms with van der Waals surface area (Å²) in [6.45, 7) is 3.38. The summed E-state index contributed by atoms with van der Waals surface area (Å²) in [5.74, 6) is -0.765. The van der Waals surface area contributed by atoms with E-state index in [1.54, 1.807) is 14.0 Å². The molecule has 4 aromatic rings. The second kappa shape index (κ2) is 12.0. The largest absolute Gasteiger partial charge is 0.495 e. The quantitative estimate of drug-likeness (QED) is 0.353. The maximum absolute atomic E-state index is 14.7. The van der Waals surface area contributed by atoms with Gasteiger partial charge in [0.25, 0.3) is 5.56 Å². The van der Waals surface area contributed by atoms with Crippen LogP contribution in [0.3, 0.4) is 0 Å². The Kier molecular flexibility index (Phi) is 8.21. The molecule has 8 nitrogen and oxygen atoms in total. The minimum absolute atomic E-state index is 0.0874. The third-order valence-corrected chi connectivity index (χ3v) is 7.66. The summed E-state index contributed by atoms with van der Waals surface area (Å²) in [7, 11) is 1.63. The first-order valence-electron chi connectivity index (χ1n) is 13.5. The molecule has 214 valence electrons. The van der Waals surface area contributed by atoms with Crippen LogP contribution in [0, 0.1) is 18.6 Å². The lowest BCUT2D eigenvalue weighted by Gasteiger charge is -2.38. The molecule has 1 aliphatic rings. The number of rotatable bonds is 8. The van der Waals surface area contributed by atoms with Gasteiger partial charge in [-0.1, -0.05) is 48.5 Å². The molecule has 0 aliphatic carbocycles. The van der Waals surface area contributed by atoms with E-state index in [1.165, 1.54) is 10.6 Å². The summed E-state index contributed by atoms with van der Waals surface area (Å²) in [5, 5.41) is 0. The van der Waals surface area contributed by atoms with Crippen LogP contribution in [0.1, 0.15) is 22.9 Å². The number of piperazine rings is 1. The minimum Gasteiger partial charge on any atom is -0.495 e. The van der Waals surface area contributed by atoms with Gasteiger partial charge in [-0.25, -0.2) is 13.6 Å². The van der Waals surface area contributed by atoms with Crippen LogP contribution < -0.4 is 31.5 Å². The number of hydrogen-bond donors (Lipinski definition) is 1. The lowest BCUT2D eigenvalue weighted by atomic mass is 10.1. The molecule has 0 spiro atoms. The normalized spacial score (nSPS) is 14.3. The highest BCUT2D eigenvalue weighted by molar-refractivity contribution is 5.60. The Hall–Kier alpha value is -4.44. The lowest BCUT2D eigenvalue weighted by Crippen LogP contribution is -2.52. The van der Waals surface area contributed by atoms with Crippen molar-refractivity contribution >= 4 is 11.4 Å². The second-order valence-electron chi connectivity index (χ2n) is 10.1. The van der Waals surface area contributed by atoms with Gasteiger partial charge in [0.1, 0.15) is 23.1 Å². The molecule has 41 heavy (non-hydrogen) atoms. The van der Waals surface area contributed by atoms with Gasteiger partial charge in [0.05, 0.1) is 25.9 Å². The van der Waals surface area contributed by atoms with E-state index in [1.807, 2.05) is 59.5 Å². The van der Waals surface area contributed by atoms with Crippen molar-refractivity contribution in [1.82, 2.24) is 9.13 Å². The van der Waals surface area contributed by atoms with Crippen LogP contribution in [-0.2, 0) is 13.1 Å². The van der Waals surface area contributed by atoms with Gasteiger partial charge in [-0.2, -0.15) is 0 Å². The summed E-state index contributed by atoms with van der Waals surface area (Å²) in [6, 6.07) is 19.9. The van der Waals surface area contributed by atoms with E-state index >= 15 is 0 Å². The van der Waals surface area contributed by atoms with Crippen molar-refractivity contribution in [2.75, 3.05) is 43.1 Å². The van der Waals surface area contributed by atoms with Crippen LogP contribution in [0.5, 0.6) is 5.75 Å². The molecule has 5 rings (SSSR count). The molecule has 1 atom stereocenters. The fraction of sp³-hybridized carbons (Fsp3) is 0.290. The number of anilines is 2. The minimum atomic E-state index is -0.762. The molecule has 10 heteroatoms. The van der Waals surface area contributed by atoms with Gasteiger partial charge in [0, 0.05) is 43.5 Å². The molecule has 3 aromatic carbocycles. The van der Waals surface area contributed by atoms with E-state index in [9.17, 15) is 18.4 Å². The molecule has 0 amide bonds. The molecular weight excluding hydrogens is 528 g/mol. The predicted octanol–water partition coefficient (Wildman–Crippen LogP) is 3.68. The van der Waals surface area contributed by atoms with E-state index in [2.05, 4.69) is 4.90 Å². The zero-order valence-corrected chi connectivity index (χ0v) is 23.1. The highest BCUT2D eigenvalue weighted by Crippen LogP contribution is 2.29. The Bertz CT molecular complexity index is 1630. The van der Waals surface area contributed by atoms with Crippen molar-refractivity contribution in [2.24, 2.45) is 5.73 Å². The van der Waals surface area contributed by atoms with Crippen LogP contribution in [0.4, 0.5) is 20.2 Å². The van der Waals surface area contributed by atoms with Gasteiger partial charge in [-0.05, 0) is 36.8 Å². The molecule has 1 saturated heterocycles. The average Bonchev–Trinajstić information content (AvgIpc) is 2.99. The van der Waals surface area contributed by atoms with Gasteiger partial charge in [0.2, 0.25) is 0 Å². The Balaban J connectivity index is 1.55. The van der Waals surface area contributed by atoms with Gasteiger partial charge >= 0.3 is 5.69 Å². The van der Waals surface area contributed by atoms with Crippen molar-refractivity contribution in [3.8, 4) is 5.75 Å². The zero-order chi connectivity index (χ0) is 29.1. The highest BCUT2D eigenvalue weighted by Gasteiger charge is 2.27. The maximum Gasteiger partial charge on any atom is 0.331 e. The van der Waals surface area contributed by atoms with Crippen molar-refractivity contribution in [2.45, 2.75) is 26.1 Å². The van der Waals surface area contributed by atoms with Gasteiger partial charge < -0.3 is 20.3 Å². The third kappa shape index (κ3) is 5.60. The molecule has 2 heterocycles. The predicted molar refractivity (Wildman–Crippen MR) is 156 cm³/mol. The summed E-state index contributed by atoms with van der Waals surface area (Å²) in [4.78, 5) is 31.8. The summed E-state index contributed by atoms with van der Waals surface area (Å²) in [6.07, 6.45) is 0. The van der Waals surface area contributed by atoms with Crippen molar-refractivity contribution in [1.29, 1.82) is 0 Å².